The summed E-state index contributed by atoms with van der Waals surface area (Å²) < 4.78 is 0. The normalized spacial score (nSPS) is 14.4. The van der Waals surface area contributed by atoms with Gasteiger partial charge in [0.2, 0.25) is 0 Å². The lowest BCUT2D eigenvalue weighted by Crippen LogP contribution is -2.04. The van der Waals surface area contributed by atoms with Crippen molar-refractivity contribution in [3.05, 3.63) is 58.7 Å². The van der Waals surface area contributed by atoms with Gasteiger partial charge >= 0.3 is 0 Å². The number of fused-ring (bicyclic) bond motifs is 1. The zero-order valence-corrected chi connectivity index (χ0v) is 10.2. The second-order valence-electron chi connectivity index (χ2n) is 4.73. The third-order valence-corrected chi connectivity index (χ3v) is 3.44. The lowest BCUT2D eigenvalue weighted by Gasteiger charge is -2.20. The van der Waals surface area contributed by atoms with Crippen LogP contribution in [0.3, 0.4) is 0 Å². The van der Waals surface area contributed by atoms with Crippen molar-refractivity contribution in [2.45, 2.75) is 26.7 Å². The van der Waals surface area contributed by atoms with Crippen molar-refractivity contribution < 1.29 is 0 Å². The Morgan fingerprint density at radius 1 is 1.24 bits per heavy atom. The summed E-state index contributed by atoms with van der Waals surface area (Å²) in [6, 6.07) is 4.56. The van der Waals surface area contributed by atoms with Crippen molar-refractivity contribution in [1.82, 2.24) is 9.97 Å². The first-order valence-corrected chi connectivity index (χ1v) is 6.05. The Morgan fingerprint density at radius 2 is 2.12 bits per heavy atom. The summed E-state index contributed by atoms with van der Waals surface area (Å²) in [4.78, 5) is 7.33. The summed E-state index contributed by atoms with van der Waals surface area (Å²) in [6.45, 7) is 4.37. The molecule has 1 aromatic carbocycles. The molecule has 1 heterocycles. The zero-order chi connectivity index (χ0) is 11.8. The largest absolute Gasteiger partial charge is 0.345 e. The Kier molecular flexibility index (Phi) is 2.36. The second kappa shape index (κ2) is 3.88. The molecule has 1 aliphatic rings. The number of aromatic amines is 1. The number of aromatic nitrogens is 2. The van der Waals surface area contributed by atoms with Crippen LogP contribution in [0.15, 0.2) is 30.7 Å². The molecule has 0 fully saturated rings. The van der Waals surface area contributed by atoms with Crippen molar-refractivity contribution in [2.75, 3.05) is 0 Å². The van der Waals surface area contributed by atoms with E-state index in [1.54, 1.807) is 6.33 Å². The molecular formula is C15H16N2. The van der Waals surface area contributed by atoms with Crippen LogP contribution in [-0.4, -0.2) is 9.97 Å². The molecule has 2 heteroatoms. The van der Waals surface area contributed by atoms with Gasteiger partial charge in [-0.2, -0.15) is 0 Å². The molecule has 17 heavy (non-hydrogen) atoms. The molecule has 0 amide bonds. The number of hydrogen-bond donors (Lipinski definition) is 1. The molecule has 0 radical (unpaired) electrons. The minimum absolute atomic E-state index is 1.12. The maximum atomic E-state index is 4.12. The Hall–Kier alpha value is -1.83. The fraction of sp³-hybridized carbons (Fsp3) is 0.267. The van der Waals surface area contributed by atoms with Gasteiger partial charge in [-0.15, -0.1) is 0 Å². The van der Waals surface area contributed by atoms with Crippen LogP contribution in [0.5, 0.6) is 0 Å². The van der Waals surface area contributed by atoms with E-state index in [4.69, 9.17) is 0 Å². The maximum Gasteiger partial charge on any atom is 0.0924 e. The average Bonchev–Trinajstić information content (AvgIpc) is 2.81. The summed E-state index contributed by atoms with van der Waals surface area (Å²) in [7, 11) is 0. The predicted octanol–water partition coefficient (Wildman–Crippen LogP) is 3.40. The van der Waals surface area contributed by atoms with Crippen LogP contribution in [0.4, 0.5) is 0 Å². The summed E-state index contributed by atoms with van der Waals surface area (Å²) >= 11 is 0. The number of nitrogens with one attached hydrogen (secondary N) is 1. The highest BCUT2D eigenvalue weighted by atomic mass is 14.9. The molecule has 0 spiro atoms. The lowest BCUT2D eigenvalue weighted by molar-refractivity contribution is 0.959. The van der Waals surface area contributed by atoms with Gasteiger partial charge in [-0.05, 0) is 43.4 Å². The van der Waals surface area contributed by atoms with Crippen molar-refractivity contribution in [1.29, 1.82) is 0 Å². The zero-order valence-electron chi connectivity index (χ0n) is 10.2. The highest BCUT2D eigenvalue weighted by Crippen LogP contribution is 2.33. The van der Waals surface area contributed by atoms with Crippen LogP contribution in [0, 0.1) is 13.8 Å². The van der Waals surface area contributed by atoms with E-state index < -0.39 is 0 Å². The van der Waals surface area contributed by atoms with Crippen LogP contribution in [0.25, 0.3) is 5.57 Å². The molecule has 1 aliphatic carbocycles. The van der Waals surface area contributed by atoms with Crippen LogP contribution >= 0.6 is 0 Å². The molecule has 0 saturated carbocycles. The van der Waals surface area contributed by atoms with Gasteiger partial charge in [0.05, 0.1) is 18.2 Å². The SMILES string of the molecule is Cc1cc(C)c2c(c1)C(c1cnc[nH]1)=CCC2. The summed E-state index contributed by atoms with van der Waals surface area (Å²) in [5.74, 6) is 0. The Bertz CT molecular complexity index is 577. The highest BCUT2D eigenvalue weighted by molar-refractivity contribution is 5.81. The molecule has 3 rings (SSSR count). The fourth-order valence-corrected chi connectivity index (χ4v) is 2.70. The van der Waals surface area contributed by atoms with E-state index >= 15 is 0 Å². The van der Waals surface area contributed by atoms with Crippen LogP contribution < -0.4 is 0 Å². The third kappa shape index (κ3) is 1.70. The minimum Gasteiger partial charge on any atom is -0.345 e. The van der Waals surface area contributed by atoms with Gasteiger partial charge in [-0.1, -0.05) is 23.8 Å². The van der Waals surface area contributed by atoms with E-state index in [0.717, 1.165) is 18.5 Å². The summed E-state index contributed by atoms with van der Waals surface area (Å²) in [6.07, 6.45) is 8.23. The number of H-pyrrole nitrogens is 1. The highest BCUT2D eigenvalue weighted by Gasteiger charge is 2.16. The quantitative estimate of drug-likeness (QED) is 0.790. The second-order valence-corrected chi connectivity index (χ2v) is 4.73. The molecule has 2 aromatic rings. The number of imidazole rings is 1. The van der Waals surface area contributed by atoms with Crippen LogP contribution in [0.1, 0.15) is 34.4 Å². The van der Waals surface area contributed by atoms with Crippen LogP contribution in [0.2, 0.25) is 0 Å². The van der Waals surface area contributed by atoms with Gasteiger partial charge < -0.3 is 4.98 Å². The fourth-order valence-electron chi connectivity index (χ4n) is 2.70. The molecule has 1 aromatic heterocycles. The van der Waals surface area contributed by atoms with Crippen molar-refractivity contribution >= 4 is 5.57 Å². The molecule has 0 saturated heterocycles. The molecular weight excluding hydrogens is 208 g/mol. The van der Waals surface area contributed by atoms with E-state index in [1.807, 2.05) is 6.20 Å². The van der Waals surface area contributed by atoms with E-state index in [-0.39, 0.29) is 0 Å². The molecule has 0 atom stereocenters. The van der Waals surface area contributed by atoms with E-state index in [2.05, 4.69) is 42.0 Å². The van der Waals surface area contributed by atoms with Gasteiger partial charge in [0.15, 0.2) is 0 Å². The molecule has 1 N–H and O–H groups in total. The predicted molar refractivity (Wildman–Crippen MR) is 69.9 cm³/mol. The standard InChI is InChI=1S/C15H16N2/c1-10-6-11(2)12-4-3-5-13(14(12)7-10)15-8-16-9-17-15/h5-9H,3-4H2,1-2H3,(H,16,17). The Balaban J connectivity index is 2.20. The molecule has 0 unspecified atom stereocenters. The van der Waals surface area contributed by atoms with Crippen molar-refractivity contribution in [2.24, 2.45) is 0 Å². The Morgan fingerprint density at radius 3 is 2.88 bits per heavy atom. The smallest absolute Gasteiger partial charge is 0.0924 e. The number of hydrogen-bond acceptors (Lipinski definition) is 1. The van der Waals surface area contributed by atoms with Crippen molar-refractivity contribution in [3.8, 4) is 0 Å². The first-order chi connectivity index (χ1) is 8.25. The van der Waals surface area contributed by atoms with E-state index in [9.17, 15) is 0 Å². The molecule has 0 bridgehead atoms. The third-order valence-electron chi connectivity index (χ3n) is 3.44. The van der Waals surface area contributed by atoms with Gasteiger partial charge in [-0.3, -0.25) is 0 Å². The number of benzene rings is 1. The van der Waals surface area contributed by atoms with Gasteiger partial charge in [0, 0.05) is 5.57 Å². The van der Waals surface area contributed by atoms with Gasteiger partial charge in [-0.25, -0.2) is 4.98 Å². The van der Waals surface area contributed by atoms with Gasteiger partial charge in [0.1, 0.15) is 0 Å². The lowest BCUT2D eigenvalue weighted by atomic mass is 9.85. The molecule has 2 nitrogen and oxygen atoms in total. The maximum absolute atomic E-state index is 4.12. The van der Waals surface area contributed by atoms with E-state index in [1.165, 1.54) is 27.8 Å². The first kappa shape index (κ1) is 10.3. The topological polar surface area (TPSA) is 28.7 Å². The summed E-state index contributed by atoms with van der Waals surface area (Å²) in [5.41, 5.74) is 8.02. The number of aryl methyl sites for hydroxylation is 2. The van der Waals surface area contributed by atoms with Gasteiger partial charge in [0.25, 0.3) is 0 Å². The Labute approximate surface area is 101 Å². The van der Waals surface area contributed by atoms with E-state index in [0.29, 0.717) is 0 Å². The van der Waals surface area contributed by atoms with Crippen molar-refractivity contribution in [3.63, 3.8) is 0 Å². The van der Waals surface area contributed by atoms with Crippen LogP contribution in [-0.2, 0) is 6.42 Å². The average molecular weight is 224 g/mol. The monoisotopic (exact) mass is 224 g/mol. The molecule has 0 aliphatic heterocycles. The minimum atomic E-state index is 1.12. The summed E-state index contributed by atoms with van der Waals surface area (Å²) in [5, 5.41) is 0. The number of nitrogens with zero attached hydrogens (tertiary/aromatic N) is 1. The molecule has 86 valence electrons. The number of allylic oxidation sites excluding steroid dienone is 1. The number of rotatable bonds is 1. The first-order valence-electron chi connectivity index (χ1n) is 6.05.